The molecule has 17 heteroatoms. The number of aromatic amines is 1. The summed E-state index contributed by atoms with van der Waals surface area (Å²) in [7, 11) is -18.0. The number of hydrogen-bond acceptors (Lipinski definition) is 0. The first-order valence-electron chi connectivity index (χ1n) is 5.61. The minimum absolute atomic E-state index is 0. The molecule has 0 unspecified atom stereocenters. The number of benzene rings is 1. The summed E-state index contributed by atoms with van der Waals surface area (Å²) >= 11 is 0. The Hall–Kier alpha value is -0.249. The molecule has 0 saturated carbocycles. The smallest absolute Gasteiger partial charge is 0.0453 e. The van der Waals surface area contributed by atoms with Crippen LogP contribution in [-0.4, -0.2) is 78.1 Å². The van der Waals surface area contributed by atoms with E-state index < -0.39 is 21.8 Å². The topological polar surface area (TPSA) is 15.8 Å². The van der Waals surface area contributed by atoms with Gasteiger partial charge in [-0.25, -0.2) is 0 Å². The van der Waals surface area contributed by atoms with Crippen LogP contribution in [0.4, 0.5) is 51.8 Å². The molecule has 0 aliphatic rings. The van der Waals surface area contributed by atoms with E-state index in [0.717, 1.165) is 0 Å². The molecule has 0 amide bonds. The van der Waals surface area contributed by atoms with Gasteiger partial charge in [0.25, 0.3) is 0 Å². The summed E-state index contributed by atoms with van der Waals surface area (Å²) in [4.78, 5) is 3.12. The summed E-state index contributed by atoms with van der Waals surface area (Å²) in [5.74, 6) is 0. The van der Waals surface area contributed by atoms with Crippen molar-refractivity contribution in [2.45, 2.75) is 7.43 Å². The number of rotatable bonds is 0. The predicted molar refractivity (Wildman–Crippen MR) is 82.7 cm³/mol. The Labute approximate surface area is 183 Å². The van der Waals surface area contributed by atoms with Crippen LogP contribution >= 0.6 is 0 Å². The first kappa shape index (κ1) is 33.3. The van der Waals surface area contributed by atoms with Crippen LogP contribution in [-0.2, 0) is 0 Å². The third-order valence-electron chi connectivity index (χ3n) is 1.46. The Kier molecular flexibility index (Phi) is 18.9. The Bertz CT molecular complexity index is 491. The fourth-order valence-corrected chi connectivity index (χ4v) is 0.995. The van der Waals surface area contributed by atoms with Crippen LogP contribution in [0.5, 0.6) is 0 Å². The van der Waals surface area contributed by atoms with Gasteiger partial charge in [-0.3, -0.25) is 0 Å². The molecule has 1 heterocycles. The Balaban J connectivity index is -0.000000128. The van der Waals surface area contributed by atoms with Crippen LogP contribution in [0.15, 0.2) is 36.5 Å². The molecule has 1 nitrogen and oxygen atoms in total. The van der Waals surface area contributed by atoms with E-state index in [9.17, 15) is 51.8 Å². The van der Waals surface area contributed by atoms with Crippen LogP contribution in [0.1, 0.15) is 7.43 Å². The molecule has 0 aliphatic carbocycles. The molecule has 0 spiro atoms. The first-order chi connectivity index (χ1) is 10.5. The van der Waals surface area contributed by atoms with Crippen LogP contribution < -0.4 is 0 Å². The number of aromatic nitrogens is 1. The van der Waals surface area contributed by atoms with Crippen LogP contribution in [0, 0.1) is 0 Å². The van der Waals surface area contributed by atoms with Gasteiger partial charge in [0.05, 0.1) is 0 Å². The second-order valence-electron chi connectivity index (χ2n) is 3.55. The van der Waals surface area contributed by atoms with Crippen LogP contribution in [0.25, 0.3) is 10.9 Å². The van der Waals surface area contributed by atoms with Gasteiger partial charge >= 0.3 is 73.1 Å². The zero-order valence-electron chi connectivity index (χ0n) is 11.2. The molecule has 1 aromatic carbocycles. The van der Waals surface area contributed by atoms with Gasteiger partial charge in [0.1, 0.15) is 0 Å². The molecule has 1 N–H and O–H groups in total. The molecule has 0 saturated heterocycles. The van der Waals surface area contributed by atoms with E-state index in [-0.39, 0.29) is 58.8 Å². The Morgan fingerprint density at radius 2 is 0.885 bits per heavy atom. The number of hydrogen-bond donors (Lipinski definition) is 1. The van der Waals surface area contributed by atoms with E-state index in [1.807, 2.05) is 18.3 Å². The Morgan fingerprint density at radius 3 is 1.19 bits per heavy atom. The van der Waals surface area contributed by atoms with E-state index >= 15 is 0 Å². The summed E-state index contributed by atoms with van der Waals surface area (Å²) in [6.45, 7) is 0. The molecule has 0 atom stereocenters. The maximum absolute atomic E-state index is 9.75. The van der Waals surface area contributed by atoms with Crippen molar-refractivity contribution >= 4 is 84.1 Å². The van der Waals surface area contributed by atoms with Crippen molar-refractivity contribution in [3.05, 3.63) is 36.5 Å². The number of nitrogens with one attached hydrogen (secondary N) is 1. The fraction of sp³-hybridized carbons (Fsp3) is 0.111. The van der Waals surface area contributed by atoms with Crippen molar-refractivity contribution in [1.29, 1.82) is 0 Å². The SMILES string of the molecule is C.F[B-](F)(F)F.F[B-](F)(F)F.F[B-](F)(F)F.[KH].c1ccc2[nH]ccc2c1. The second kappa shape index (κ2) is 14.8. The van der Waals surface area contributed by atoms with Gasteiger partial charge in [-0.15, -0.1) is 0 Å². The maximum atomic E-state index is 9.75. The van der Waals surface area contributed by atoms with E-state index in [2.05, 4.69) is 23.2 Å². The van der Waals surface area contributed by atoms with Crippen molar-refractivity contribution in [1.82, 2.24) is 4.98 Å². The fourth-order valence-electron chi connectivity index (χ4n) is 0.995. The van der Waals surface area contributed by atoms with E-state index in [1.54, 1.807) is 0 Å². The number of halogens is 12. The molecule has 0 aliphatic heterocycles. The number of H-pyrrole nitrogens is 1. The van der Waals surface area contributed by atoms with E-state index in [4.69, 9.17) is 0 Å². The van der Waals surface area contributed by atoms with Gasteiger partial charge in [0.2, 0.25) is 0 Å². The molecular formula is C9H12B3F12KN-3. The quantitative estimate of drug-likeness (QED) is 0.384. The standard InChI is InChI=1S/C8H7N.CH4.3BF4.K.H/c1-2-4-8-7(3-1)5-6-9-8;;3*2-1(3,4)5;;/h1-6,9H;1H4;;;;;/q;;3*-1;;. The zero-order valence-corrected chi connectivity index (χ0v) is 11.2. The van der Waals surface area contributed by atoms with Crippen LogP contribution in [0.2, 0.25) is 0 Å². The van der Waals surface area contributed by atoms with Gasteiger partial charge < -0.3 is 56.8 Å². The van der Waals surface area contributed by atoms with Crippen molar-refractivity contribution in [3.8, 4) is 0 Å². The Morgan fingerprint density at radius 1 is 0.577 bits per heavy atom. The molecule has 150 valence electrons. The average Bonchev–Trinajstić information content (AvgIpc) is 2.69. The van der Waals surface area contributed by atoms with Crippen LogP contribution in [0.3, 0.4) is 0 Å². The molecule has 26 heavy (non-hydrogen) atoms. The first-order valence-corrected chi connectivity index (χ1v) is 5.61. The minimum Gasteiger partial charge on any atom is -0.361 e. The molecule has 0 bridgehead atoms. The number of fused-ring (bicyclic) bond motifs is 1. The summed E-state index contributed by atoms with van der Waals surface area (Å²) in [6.07, 6.45) is 1.95. The molecular weight excluding hydrogens is 422 g/mol. The second-order valence-corrected chi connectivity index (χ2v) is 3.55. The third kappa shape index (κ3) is 43.8. The predicted octanol–water partition coefficient (Wildman–Crippen LogP) is 6.06. The third-order valence-corrected chi connectivity index (χ3v) is 1.46. The molecule has 2 rings (SSSR count). The van der Waals surface area contributed by atoms with Gasteiger partial charge in [0.15, 0.2) is 0 Å². The zero-order chi connectivity index (χ0) is 19.6. The van der Waals surface area contributed by atoms with Gasteiger partial charge in [-0.2, -0.15) is 0 Å². The van der Waals surface area contributed by atoms with Crippen molar-refractivity contribution in [2.24, 2.45) is 0 Å². The normalized spacial score (nSPS) is 10.5. The minimum atomic E-state index is -6.00. The molecule has 2 aromatic rings. The summed E-state index contributed by atoms with van der Waals surface area (Å²) in [5, 5.41) is 1.28. The van der Waals surface area contributed by atoms with Gasteiger partial charge in [-0.05, 0) is 17.5 Å². The van der Waals surface area contributed by atoms with Gasteiger partial charge in [-0.1, -0.05) is 25.6 Å². The average molecular weight is 434 g/mol. The van der Waals surface area contributed by atoms with E-state index in [1.165, 1.54) is 10.9 Å². The van der Waals surface area contributed by atoms with Crippen molar-refractivity contribution < 1.29 is 51.8 Å². The maximum Gasteiger partial charge on any atom is 0.0453 e. The van der Waals surface area contributed by atoms with Crippen molar-refractivity contribution in [3.63, 3.8) is 0 Å². The van der Waals surface area contributed by atoms with E-state index in [0.29, 0.717) is 0 Å². The van der Waals surface area contributed by atoms with Gasteiger partial charge in [0, 0.05) is 11.7 Å². The van der Waals surface area contributed by atoms with Crippen molar-refractivity contribution in [2.75, 3.05) is 0 Å². The summed E-state index contributed by atoms with van der Waals surface area (Å²) in [5.41, 5.74) is 1.21. The summed E-state index contributed by atoms with van der Waals surface area (Å²) < 4.78 is 117. The molecule has 1 aromatic heterocycles. The monoisotopic (exact) mass is 434 g/mol. The number of para-hydroxylation sites is 1. The molecule has 0 fully saturated rings. The summed E-state index contributed by atoms with van der Waals surface area (Å²) in [6, 6.07) is 10.3. The molecule has 0 radical (unpaired) electrons. The largest absolute Gasteiger partial charge is 0.361 e.